The van der Waals surface area contributed by atoms with E-state index in [9.17, 15) is 18.0 Å². The van der Waals surface area contributed by atoms with Crippen LogP contribution >= 0.6 is 22.9 Å². The quantitative estimate of drug-likeness (QED) is 0.179. The van der Waals surface area contributed by atoms with Gasteiger partial charge in [0.05, 0.1) is 23.9 Å². The third-order valence-electron chi connectivity index (χ3n) is 4.97. The lowest BCUT2D eigenvalue weighted by Gasteiger charge is -2.08. The summed E-state index contributed by atoms with van der Waals surface area (Å²) in [5, 5.41) is 9.45. The third kappa shape index (κ3) is 7.80. The van der Waals surface area contributed by atoms with Gasteiger partial charge in [0, 0.05) is 21.7 Å². The summed E-state index contributed by atoms with van der Waals surface area (Å²) in [6.07, 6.45) is -2.97. The lowest BCUT2D eigenvalue weighted by Crippen LogP contribution is -2.19. The molecule has 0 radical (unpaired) electrons. The second kappa shape index (κ2) is 11.9. The van der Waals surface area contributed by atoms with Crippen LogP contribution in [0.4, 0.5) is 24.0 Å². The number of benzene rings is 3. The molecule has 0 saturated carbocycles. The summed E-state index contributed by atoms with van der Waals surface area (Å²) in [7, 11) is 0. The highest BCUT2D eigenvalue weighted by molar-refractivity contribution is 7.13. The number of amides is 1. The van der Waals surface area contributed by atoms with E-state index in [1.807, 2.05) is 18.2 Å². The van der Waals surface area contributed by atoms with Gasteiger partial charge in [0.25, 0.3) is 0 Å². The van der Waals surface area contributed by atoms with Crippen LogP contribution in [0.2, 0.25) is 5.02 Å². The molecular weight excluding hydrogens is 525 g/mol. The van der Waals surface area contributed by atoms with Crippen molar-refractivity contribution in [2.45, 2.75) is 19.2 Å². The Labute approximate surface area is 219 Å². The highest BCUT2D eigenvalue weighted by Crippen LogP contribution is 2.31. The molecule has 3 aromatic carbocycles. The predicted molar refractivity (Wildman–Crippen MR) is 139 cm³/mol. The minimum absolute atomic E-state index is 0.0348. The maximum absolute atomic E-state index is 12.9. The summed E-state index contributed by atoms with van der Waals surface area (Å²) in [6.45, 7) is 0.344. The summed E-state index contributed by atoms with van der Waals surface area (Å²) in [4.78, 5) is 16.4. The van der Waals surface area contributed by atoms with Crippen LogP contribution in [-0.2, 0) is 24.0 Å². The normalized spacial score (nSPS) is 11.5. The fourth-order valence-corrected chi connectivity index (χ4v) is 4.07. The maximum Gasteiger partial charge on any atom is 0.416 e. The number of halogens is 4. The lowest BCUT2D eigenvalue weighted by atomic mass is 10.2. The van der Waals surface area contributed by atoms with E-state index >= 15 is 0 Å². The van der Waals surface area contributed by atoms with Crippen molar-refractivity contribution in [3.63, 3.8) is 0 Å². The summed E-state index contributed by atoms with van der Waals surface area (Å²) in [5.74, 6) is 0.283. The van der Waals surface area contributed by atoms with Crippen molar-refractivity contribution in [3.8, 4) is 5.75 Å². The Kier molecular flexibility index (Phi) is 8.42. The van der Waals surface area contributed by atoms with Gasteiger partial charge in [-0.2, -0.15) is 18.3 Å². The van der Waals surface area contributed by atoms with Crippen LogP contribution in [0.25, 0.3) is 0 Å². The molecule has 0 fully saturated rings. The number of ether oxygens (including phenoxy) is 1. The van der Waals surface area contributed by atoms with Crippen molar-refractivity contribution < 1.29 is 22.7 Å². The van der Waals surface area contributed by atoms with Crippen molar-refractivity contribution in [1.29, 1.82) is 0 Å². The highest BCUT2D eigenvalue weighted by Gasteiger charge is 2.30. The van der Waals surface area contributed by atoms with Crippen LogP contribution in [0.15, 0.2) is 83.3 Å². The second-order valence-electron chi connectivity index (χ2n) is 7.77. The molecule has 0 aliphatic rings. The van der Waals surface area contributed by atoms with Crippen LogP contribution in [0.5, 0.6) is 5.75 Å². The third-order valence-corrected chi connectivity index (χ3v) is 6.15. The van der Waals surface area contributed by atoms with E-state index in [0.29, 0.717) is 28.2 Å². The van der Waals surface area contributed by atoms with Crippen molar-refractivity contribution in [2.75, 3.05) is 5.32 Å². The molecule has 2 N–H and O–H groups in total. The number of carbonyl (C=O) groups excluding carboxylic acids is 1. The number of alkyl halides is 3. The molecule has 0 aliphatic heterocycles. The number of thiazole rings is 1. The van der Waals surface area contributed by atoms with E-state index in [-0.39, 0.29) is 18.0 Å². The van der Waals surface area contributed by atoms with Gasteiger partial charge in [-0.15, -0.1) is 11.3 Å². The van der Waals surface area contributed by atoms with E-state index in [1.165, 1.54) is 29.7 Å². The van der Waals surface area contributed by atoms with Gasteiger partial charge >= 0.3 is 6.18 Å². The SMILES string of the molecule is O=C(Cc1csc(Nc2cccc(C(F)(F)F)c2)n1)N/N=C\c1ccc(OCc2ccccc2Cl)cc1. The Morgan fingerprint density at radius 3 is 2.62 bits per heavy atom. The van der Waals surface area contributed by atoms with Crippen molar-refractivity contribution in [1.82, 2.24) is 10.4 Å². The Hall–Kier alpha value is -3.89. The summed E-state index contributed by atoms with van der Waals surface area (Å²) in [6, 6.07) is 19.4. The zero-order valence-corrected chi connectivity index (χ0v) is 20.7. The van der Waals surface area contributed by atoms with Crippen LogP contribution in [0.3, 0.4) is 0 Å². The average molecular weight is 545 g/mol. The largest absolute Gasteiger partial charge is 0.489 e. The molecule has 37 heavy (non-hydrogen) atoms. The minimum Gasteiger partial charge on any atom is -0.489 e. The van der Waals surface area contributed by atoms with E-state index in [4.69, 9.17) is 16.3 Å². The van der Waals surface area contributed by atoms with E-state index in [1.54, 1.807) is 35.7 Å². The first-order valence-electron chi connectivity index (χ1n) is 10.9. The molecule has 190 valence electrons. The molecule has 0 aliphatic carbocycles. The van der Waals surface area contributed by atoms with Crippen LogP contribution < -0.4 is 15.5 Å². The van der Waals surface area contributed by atoms with Crippen LogP contribution in [-0.4, -0.2) is 17.1 Å². The Balaban J connectivity index is 1.24. The van der Waals surface area contributed by atoms with Gasteiger partial charge in [-0.05, 0) is 54.1 Å². The molecule has 4 aromatic rings. The molecule has 1 amide bonds. The minimum atomic E-state index is -4.43. The number of anilines is 2. The van der Waals surface area contributed by atoms with Crippen LogP contribution in [0.1, 0.15) is 22.4 Å². The second-order valence-corrected chi connectivity index (χ2v) is 9.03. The summed E-state index contributed by atoms with van der Waals surface area (Å²) in [5.41, 5.74) is 4.04. The van der Waals surface area contributed by atoms with Gasteiger partial charge in [-0.3, -0.25) is 4.79 Å². The van der Waals surface area contributed by atoms with E-state index in [0.717, 1.165) is 23.3 Å². The zero-order chi connectivity index (χ0) is 26.3. The first-order valence-corrected chi connectivity index (χ1v) is 12.2. The number of hydrogen-bond acceptors (Lipinski definition) is 6. The van der Waals surface area contributed by atoms with Crippen molar-refractivity contribution >= 4 is 45.9 Å². The van der Waals surface area contributed by atoms with Gasteiger partial charge in [-0.1, -0.05) is 35.9 Å². The van der Waals surface area contributed by atoms with Gasteiger partial charge in [0.15, 0.2) is 5.13 Å². The molecule has 6 nitrogen and oxygen atoms in total. The first kappa shape index (κ1) is 26.2. The standard InChI is InChI=1S/C26H20ClF3N4O2S/c27-23-7-2-1-4-18(23)15-36-22-10-8-17(9-11-22)14-31-34-24(35)13-21-16-37-25(33-21)32-20-6-3-5-19(12-20)26(28,29)30/h1-12,14,16H,13,15H2,(H,32,33)(H,34,35)/b31-14-. The zero-order valence-electron chi connectivity index (χ0n) is 19.1. The smallest absolute Gasteiger partial charge is 0.416 e. The molecule has 0 bridgehead atoms. The van der Waals surface area contributed by atoms with Crippen molar-refractivity contribution in [3.05, 3.63) is 106 Å². The number of aromatic nitrogens is 1. The lowest BCUT2D eigenvalue weighted by molar-refractivity contribution is -0.137. The number of nitrogens with zero attached hydrogens (tertiary/aromatic N) is 2. The van der Waals surface area contributed by atoms with Gasteiger partial charge in [-0.25, -0.2) is 10.4 Å². The van der Waals surface area contributed by atoms with E-state index in [2.05, 4.69) is 20.8 Å². The molecular formula is C26H20ClF3N4O2S. The molecule has 0 spiro atoms. The molecule has 0 saturated heterocycles. The summed E-state index contributed by atoms with van der Waals surface area (Å²) >= 11 is 7.31. The molecule has 4 rings (SSSR count). The molecule has 0 unspecified atom stereocenters. The maximum atomic E-state index is 12.9. The average Bonchev–Trinajstić information content (AvgIpc) is 3.30. The molecule has 11 heteroatoms. The Morgan fingerprint density at radius 2 is 1.86 bits per heavy atom. The van der Waals surface area contributed by atoms with E-state index < -0.39 is 11.7 Å². The number of rotatable bonds is 9. The van der Waals surface area contributed by atoms with Gasteiger partial charge in [0.2, 0.25) is 5.91 Å². The predicted octanol–water partition coefficient (Wildman–Crippen LogP) is 6.83. The number of hydrazone groups is 1. The molecule has 1 aromatic heterocycles. The monoisotopic (exact) mass is 544 g/mol. The summed E-state index contributed by atoms with van der Waals surface area (Å²) < 4.78 is 44.4. The molecule has 1 heterocycles. The number of carbonyl (C=O) groups is 1. The molecule has 0 atom stereocenters. The fourth-order valence-electron chi connectivity index (χ4n) is 3.15. The number of nitrogens with one attached hydrogen (secondary N) is 2. The Morgan fingerprint density at radius 1 is 1.08 bits per heavy atom. The van der Waals surface area contributed by atoms with Gasteiger partial charge < -0.3 is 10.1 Å². The first-order chi connectivity index (χ1) is 17.8. The van der Waals surface area contributed by atoms with Gasteiger partial charge in [0.1, 0.15) is 12.4 Å². The van der Waals surface area contributed by atoms with Crippen molar-refractivity contribution in [2.24, 2.45) is 5.10 Å². The number of hydrogen-bond donors (Lipinski definition) is 2. The van der Waals surface area contributed by atoms with Crippen LogP contribution in [0, 0.1) is 0 Å². The Bertz CT molecular complexity index is 1390. The fraction of sp³-hybridized carbons (Fsp3) is 0.115. The topological polar surface area (TPSA) is 75.6 Å². The highest BCUT2D eigenvalue weighted by atomic mass is 35.5.